The number of carboxylic acid groups (broad SMARTS) is 1. The van der Waals surface area contributed by atoms with Crippen molar-refractivity contribution in [3.63, 3.8) is 0 Å². The fourth-order valence-electron chi connectivity index (χ4n) is 11.1. The number of hydrogen-bond donors (Lipinski definition) is 9. The lowest BCUT2D eigenvalue weighted by atomic mass is 9.81. The number of carbonyl (C=O) groups is 9. The number of hydrazine groups is 1. The Labute approximate surface area is 560 Å². The molecule has 526 valence electrons. The summed E-state index contributed by atoms with van der Waals surface area (Å²) in [5, 5.41) is 49.8. The van der Waals surface area contributed by atoms with Gasteiger partial charge in [0.25, 0.3) is 0 Å². The minimum absolute atomic E-state index is 0.0379. The van der Waals surface area contributed by atoms with Gasteiger partial charge in [-0.15, -0.1) is 0 Å². The van der Waals surface area contributed by atoms with Gasteiger partial charge in [0.2, 0.25) is 35.4 Å². The first-order valence-electron chi connectivity index (χ1n) is 31.7. The van der Waals surface area contributed by atoms with Crippen molar-refractivity contribution in [2.45, 2.75) is 167 Å². The molecule has 0 aliphatic carbocycles. The Hall–Kier alpha value is -7.70. The van der Waals surface area contributed by atoms with E-state index in [0.29, 0.717) is 25.1 Å². The van der Waals surface area contributed by atoms with E-state index in [-0.39, 0.29) is 88.0 Å². The number of esters is 1. The lowest BCUT2D eigenvalue weighted by molar-refractivity contribution is -0.177. The van der Waals surface area contributed by atoms with Crippen molar-refractivity contribution in [3.05, 3.63) is 82.5 Å². The number of para-hydroxylation sites is 1. The predicted octanol–water partition coefficient (Wildman–Crippen LogP) is 3.64. The maximum absolute atomic E-state index is 14.4. The average molecular weight is 1350 g/mol. The highest BCUT2D eigenvalue weighted by molar-refractivity contribution is 6.35. The van der Waals surface area contributed by atoms with Crippen molar-refractivity contribution < 1.29 is 86.9 Å². The molecule has 4 bridgehead atoms. The Morgan fingerprint density at radius 1 is 0.895 bits per heavy atom. The number of halogens is 1. The third-order valence-electron chi connectivity index (χ3n) is 16.9. The Balaban J connectivity index is 1.12. The summed E-state index contributed by atoms with van der Waals surface area (Å²) in [6.07, 6.45) is -0.825. The van der Waals surface area contributed by atoms with E-state index in [1.165, 1.54) is 54.0 Å². The summed E-state index contributed by atoms with van der Waals surface area (Å²) >= 11 is 6.81. The van der Waals surface area contributed by atoms with E-state index in [0.717, 1.165) is 27.1 Å². The quantitative estimate of drug-likeness (QED) is 0.0261. The van der Waals surface area contributed by atoms with Crippen LogP contribution in [-0.2, 0) is 81.6 Å². The Morgan fingerprint density at radius 3 is 2.24 bits per heavy atom. The van der Waals surface area contributed by atoms with E-state index in [1.54, 1.807) is 51.1 Å². The van der Waals surface area contributed by atoms with Gasteiger partial charge < -0.3 is 79.4 Å². The zero-order valence-corrected chi connectivity index (χ0v) is 57.5. The number of allylic oxidation sites excluding steroid dienone is 3. The second-order valence-corrected chi connectivity index (χ2v) is 25.2. The van der Waals surface area contributed by atoms with Crippen LogP contribution in [0.25, 0.3) is 10.9 Å². The molecule has 7 amide bonds. The number of rotatable bonds is 30. The highest BCUT2D eigenvalue weighted by Crippen LogP contribution is 2.39. The maximum Gasteiger partial charge on any atom is 0.409 e. The summed E-state index contributed by atoms with van der Waals surface area (Å²) in [5.74, 6) is -6.65. The van der Waals surface area contributed by atoms with E-state index in [9.17, 15) is 58.5 Å². The number of nitrogens with zero attached hydrogens (tertiary/aromatic N) is 4. The van der Waals surface area contributed by atoms with Crippen molar-refractivity contribution in [3.8, 4) is 5.75 Å². The molecular formula is C66H97ClN10O18. The molecule has 28 nitrogen and oxygen atoms in total. The molecule has 2 aliphatic rings. The molecule has 95 heavy (non-hydrogen) atoms. The molecule has 2 unspecified atom stereocenters. The smallest absolute Gasteiger partial charge is 0.409 e. The molecule has 3 aromatic rings. The van der Waals surface area contributed by atoms with Gasteiger partial charge >= 0.3 is 18.0 Å². The Morgan fingerprint density at radius 2 is 1.58 bits per heavy atom. The number of amides is 7. The molecule has 0 radical (unpaired) electrons. The highest BCUT2D eigenvalue weighted by atomic mass is 35.5. The molecule has 2 aliphatic heterocycles. The number of aliphatic carboxylic acids is 1. The number of methoxy groups -OCH3 is 2. The summed E-state index contributed by atoms with van der Waals surface area (Å²) in [7, 11) is 9.28. The molecule has 5 rings (SSSR count). The number of ether oxygens (including phenoxy) is 6. The van der Waals surface area contributed by atoms with Crippen LogP contribution in [0, 0.1) is 11.8 Å². The van der Waals surface area contributed by atoms with Crippen LogP contribution in [0.1, 0.15) is 105 Å². The maximum atomic E-state index is 14.4. The second-order valence-electron chi connectivity index (χ2n) is 24.8. The molecule has 29 heteroatoms. The molecule has 0 saturated carbocycles. The Bertz CT molecular complexity index is 3230. The molecule has 3 heterocycles. The van der Waals surface area contributed by atoms with Gasteiger partial charge in [-0.25, -0.2) is 14.6 Å². The van der Waals surface area contributed by atoms with Crippen molar-refractivity contribution >= 4 is 81.7 Å². The van der Waals surface area contributed by atoms with E-state index in [4.69, 9.17) is 40.0 Å². The third-order valence-corrected chi connectivity index (χ3v) is 17.3. The van der Waals surface area contributed by atoms with Crippen molar-refractivity contribution in [2.24, 2.45) is 11.8 Å². The average Bonchev–Trinajstić information content (AvgIpc) is 1.66. The van der Waals surface area contributed by atoms with Crippen LogP contribution in [0.3, 0.4) is 0 Å². The normalized spacial score (nSPS) is 22.4. The van der Waals surface area contributed by atoms with Crippen LogP contribution in [0.2, 0.25) is 5.02 Å². The van der Waals surface area contributed by atoms with Gasteiger partial charge in [0.15, 0.2) is 5.72 Å². The third kappa shape index (κ3) is 22.7. The summed E-state index contributed by atoms with van der Waals surface area (Å²) in [6.45, 7) is 12.1. The number of anilines is 1. The van der Waals surface area contributed by atoms with Crippen LogP contribution in [0.4, 0.5) is 10.5 Å². The van der Waals surface area contributed by atoms with Gasteiger partial charge in [-0.1, -0.05) is 74.4 Å². The SMILES string of the molecule is CNN(C)Cc1cc2ccccc2n1CCC(=O)N[C@@H](CCC(=O)O)C(=O)NCCOCCOCCC(=O)NC(C(=O)N[C@@H](C)C(=O)N(C)[C@@H](C)C(=O)O[C@H]1CC(=O)N(C)c2cc(cc(OC)c2Cl)C/C(C)=C/C=C/[C@@H](OC)[C@@]2(O)C[C@H](OC(=O)N2)[C@@H](C)CC1(C)O)C(C)C. The number of carboxylic acids is 1. The van der Waals surface area contributed by atoms with Crippen LogP contribution in [0.15, 0.2) is 66.3 Å². The molecule has 0 spiro atoms. The molecule has 1 saturated heterocycles. The fourth-order valence-corrected chi connectivity index (χ4v) is 11.5. The first-order valence-corrected chi connectivity index (χ1v) is 32.1. The number of hydrogen-bond acceptors (Lipinski definition) is 19. The first kappa shape index (κ1) is 78.0. The summed E-state index contributed by atoms with van der Waals surface area (Å²) in [4.78, 5) is 123. The largest absolute Gasteiger partial charge is 0.495 e. The monoisotopic (exact) mass is 1350 g/mol. The number of aromatic nitrogens is 1. The number of alkyl carbamates (subject to hydrolysis) is 1. The van der Waals surface area contributed by atoms with Gasteiger partial charge in [-0.05, 0) is 101 Å². The van der Waals surface area contributed by atoms with E-state index in [2.05, 4.69) is 38.1 Å². The van der Waals surface area contributed by atoms with Gasteiger partial charge in [0, 0.05) is 78.2 Å². The van der Waals surface area contributed by atoms with Crippen LogP contribution < -0.4 is 41.6 Å². The molecule has 1 fully saturated rings. The van der Waals surface area contributed by atoms with E-state index >= 15 is 0 Å². The zero-order chi connectivity index (χ0) is 70.5. The second kappa shape index (κ2) is 36.4. The molecule has 9 N–H and O–H groups in total. The molecule has 10 atom stereocenters. The number of nitrogens with one attached hydrogen (secondary N) is 6. The highest BCUT2D eigenvalue weighted by Gasteiger charge is 2.49. The van der Waals surface area contributed by atoms with E-state index in [1.807, 2.05) is 54.9 Å². The van der Waals surface area contributed by atoms with Crippen LogP contribution in [-0.4, -0.2) is 212 Å². The minimum atomic E-state index is -2.04. The number of carbonyl (C=O) groups excluding carboxylic acids is 8. The number of benzene rings is 2. The molecule has 2 aromatic carbocycles. The summed E-state index contributed by atoms with van der Waals surface area (Å²) in [6, 6.07) is 8.47. The van der Waals surface area contributed by atoms with Gasteiger partial charge in [-0.2, -0.15) is 0 Å². The summed E-state index contributed by atoms with van der Waals surface area (Å²) < 4.78 is 36.1. The lowest BCUT2D eigenvalue weighted by Crippen LogP contribution is -2.63. The van der Waals surface area contributed by atoms with Gasteiger partial charge in [0.05, 0.1) is 57.8 Å². The molecular weight excluding hydrogens is 1260 g/mol. The molecule has 1 aromatic heterocycles. The first-order chi connectivity index (χ1) is 44.8. The predicted molar refractivity (Wildman–Crippen MR) is 352 cm³/mol. The number of aliphatic hydroxyl groups is 2. The van der Waals surface area contributed by atoms with Gasteiger partial charge in [-0.3, -0.25) is 44.3 Å². The number of aryl methyl sites for hydroxylation is 1. The Kier molecular flexibility index (Phi) is 29.9. The van der Waals surface area contributed by atoms with Crippen molar-refractivity contribution in [1.29, 1.82) is 0 Å². The fraction of sp³-hybridized carbons (Fsp3) is 0.591. The van der Waals surface area contributed by atoms with Crippen LogP contribution in [0.5, 0.6) is 5.75 Å². The zero-order valence-electron chi connectivity index (χ0n) is 56.7. The van der Waals surface area contributed by atoms with E-state index < -0.39 is 126 Å². The number of fused-ring (bicyclic) bond motifs is 5. The lowest BCUT2D eigenvalue weighted by Gasteiger charge is -2.43. The minimum Gasteiger partial charge on any atom is -0.495 e. The standard InChI is InChI=1S/C66H97ClN10O18/c1-39(2)59(72-55(79)24-27-92-29-30-93-28-25-69-60(83)47(21-22-57(81)82)71-54(78)23-26-77-46(38-74(9)68-8)34-45-18-14-15-19-48(45)77)61(84)70-42(5)62(85)75(10)43(6)63(86)95-53-35-56(80)76(11)49-32-44(33-50(90-12)58(49)67)31-40(3)17-16-20-52(91-13)66(89)37-51(94-64(87)73-66)41(4)36-65(53,7)88/h14-20,32-34,39,41-43,47,51-53,59,68,88-89H,21-31,35-38H2,1-13H3,(H,69,83)(H,70,84)(H,71,78)(H,72,79)(H,73,87)(H,81,82)/b20-16+,40-17+/t41-,42-,43-,47-,51-,52+,53-,59?,65?,66-/m0/s1. The van der Waals surface area contributed by atoms with Gasteiger partial charge in [0.1, 0.15) is 53.3 Å². The number of likely N-dealkylation sites (N-methyl/N-ethyl adjacent to an activating group) is 1. The topological polar surface area (TPSA) is 357 Å². The van der Waals surface area contributed by atoms with Crippen LogP contribution >= 0.6 is 11.6 Å². The summed E-state index contributed by atoms with van der Waals surface area (Å²) in [5.41, 5.74) is 2.81. The van der Waals surface area contributed by atoms with Crippen molar-refractivity contribution in [1.82, 2.24) is 46.5 Å². The van der Waals surface area contributed by atoms with Crippen molar-refractivity contribution in [2.75, 3.05) is 80.3 Å².